The van der Waals surface area contributed by atoms with Crippen molar-refractivity contribution in [2.45, 2.75) is 43.7 Å². The van der Waals surface area contributed by atoms with Crippen LogP contribution in [0, 0.1) is 0 Å². The van der Waals surface area contributed by atoms with Crippen LogP contribution in [0.25, 0.3) is 0 Å². The molecule has 1 aromatic carbocycles. The first-order valence-corrected chi connectivity index (χ1v) is 8.13. The number of hydrogen-bond acceptors (Lipinski definition) is 2. The van der Waals surface area contributed by atoms with Gasteiger partial charge in [0.05, 0.1) is 10.8 Å². The lowest BCUT2D eigenvalue weighted by atomic mass is 10.0. The molecule has 2 atom stereocenters. The van der Waals surface area contributed by atoms with Gasteiger partial charge in [0.1, 0.15) is 0 Å². The monoisotopic (exact) mass is 315 g/mol. The van der Waals surface area contributed by atoms with Gasteiger partial charge in [-0.2, -0.15) is 0 Å². The summed E-state index contributed by atoms with van der Waals surface area (Å²) in [6.45, 7) is 4.30. The lowest BCUT2D eigenvalue weighted by Gasteiger charge is -2.21. The molecule has 1 aromatic rings. The Morgan fingerprint density at radius 1 is 1.47 bits per heavy atom. The number of hydrogen-bond donors (Lipinski definition) is 1. The summed E-state index contributed by atoms with van der Waals surface area (Å²) < 4.78 is 13.2. The van der Waals surface area contributed by atoms with Gasteiger partial charge in [-0.05, 0) is 36.6 Å². The van der Waals surface area contributed by atoms with Gasteiger partial charge in [0.25, 0.3) is 0 Å². The quantitative estimate of drug-likeness (QED) is 0.906. The molecule has 0 saturated carbocycles. The molecule has 0 aromatic heterocycles. The molecule has 0 spiro atoms. The first kappa shape index (κ1) is 13.2. The van der Waals surface area contributed by atoms with Gasteiger partial charge in [0, 0.05) is 27.2 Å². The number of benzene rings is 1. The summed E-state index contributed by atoms with van der Waals surface area (Å²) in [5.41, 5.74) is 1.20. The molecule has 1 aliphatic rings. The Morgan fingerprint density at radius 3 is 2.94 bits per heavy atom. The van der Waals surface area contributed by atoms with Crippen molar-refractivity contribution in [3.63, 3.8) is 0 Å². The molecular weight excluding hydrogens is 298 g/mol. The molecule has 94 valence electrons. The zero-order chi connectivity index (χ0) is 12.4. The molecule has 2 rings (SSSR count). The largest absolute Gasteiger partial charge is 0.308 e. The lowest BCUT2D eigenvalue weighted by Crippen LogP contribution is -2.28. The van der Waals surface area contributed by atoms with Crippen molar-refractivity contribution in [1.29, 1.82) is 0 Å². The Balaban J connectivity index is 2.41. The normalized spacial score (nSPS) is 24.5. The van der Waals surface area contributed by atoms with Gasteiger partial charge < -0.3 is 5.32 Å². The van der Waals surface area contributed by atoms with E-state index in [-0.39, 0.29) is 0 Å². The predicted octanol–water partition coefficient (Wildman–Crippen LogP) is 3.39. The van der Waals surface area contributed by atoms with Gasteiger partial charge in [-0.3, -0.25) is 4.21 Å². The van der Waals surface area contributed by atoms with Gasteiger partial charge in [-0.25, -0.2) is 0 Å². The maximum Gasteiger partial charge on any atom is 0.0532 e. The Kier molecular flexibility index (Phi) is 4.39. The van der Waals surface area contributed by atoms with E-state index in [1.54, 1.807) is 0 Å². The Morgan fingerprint density at radius 2 is 2.24 bits per heavy atom. The van der Waals surface area contributed by atoms with Crippen molar-refractivity contribution in [2.24, 2.45) is 0 Å². The van der Waals surface area contributed by atoms with Gasteiger partial charge in [0.15, 0.2) is 0 Å². The molecule has 0 saturated heterocycles. The van der Waals surface area contributed by atoms with Crippen LogP contribution in [0.3, 0.4) is 0 Å². The third-order valence-corrected chi connectivity index (χ3v) is 4.96. The Labute approximate surface area is 114 Å². The number of fused-ring (bicyclic) bond motifs is 1. The van der Waals surface area contributed by atoms with Crippen LogP contribution in [0.15, 0.2) is 27.6 Å². The first-order valence-electron chi connectivity index (χ1n) is 6.02. The molecule has 0 bridgehead atoms. The smallest absolute Gasteiger partial charge is 0.0532 e. The number of rotatable bonds is 2. The Bertz CT molecular complexity index is 433. The van der Waals surface area contributed by atoms with Crippen LogP contribution in [0.2, 0.25) is 0 Å². The first-order chi connectivity index (χ1) is 8.08. The van der Waals surface area contributed by atoms with Gasteiger partial charge >= 0.3 is 0 Å². The molecule has 1 N–H and O–H groups in total. The van der Waals surface area contributed by atoms with Gasteiger partial charge in [-0.1, -0.05) is 29.8 Å². The van der Waals surface area contributed by atoms with E-state index in [0.29, 0.717) is 12.1 Å². The molecule has 0 radical (unpaired) electrons. The van der Waals surface area contributed by atoms with Crippen LogP contribution in [-0.4, -0.2) is 16.0 Å². The second-order valence-corrected chi connectivity index (χ2v) is 7.20. The van der Waals surface area contributed by atoms with Crippen LogP contribution >= 0.6 is 15.9 Å². The molecule has 0 amide bonds. The maximum absolute atomic E-state index is 12.1. The number of nitrogens with one attached hydrogen (secondary N) is 1. The van der Waals surface area contributed by atoms with E-state index in [0.717, 1.165) is 28.0 Å². The van der Waals surface area contributed by atoms with Crippen LogP contribution in [-0.2, 0) is 10.8 Å². The number of halogens is 1. The fourth-order valence-electron chi connectivity index (χ4n) is 2.26. The molecule has 17 heavy (non-hydrogen) atoms. The lowest BCUT2D eigenvalue weighted by molar-refractivity contribution is 0.447. The van der Waals surface area contributed by atoms with Crippen molar-refractivity contribution >= 4 is 26.7 Å². The second-order valence-electron chi connectivity index (χ2n) is 4.75. The second kappa shape index (κ2) is 5.63. The van der Waals surface area contributed by atoms with E-state index >= 15 is 0 Å². The summed E-state index contributed by atoms with van der Waals surface area (Å²) in [6.07, 6.45) is 2.08. The fraction of sp³-hybridized carbons (Fsp3) is 0.538. The zero-order valence-corrected chi connectivity index (χ0v) is 12.6. The molecular formula is C13H18BrNOS. The summed E-state index contributed by atoms with van der Waals surface area (Å²) in [6, 6.07) is 6.86. The van der Waals surface area contributed by atoms with Crippen LogP contribution in [0.1, 0.15) is 38.3 Å². The zero-order valence-electron chi connectivity index (χ0n) is 10.2. The van der Waals surface area contributed by atoms with Crippen molar-refractivity contribution in [2.75, 3.05) is 5.75 Å². The molecule has 0 fully saturated rings. The van der Waals surface area contributed by atoms with E-state index in [1.165, 1.54) is 5.56 Å². The highest BCUT2D eigenvalue weighted by molar-refractivity contribution is 9.10. The average Bonchev–Trinajstić information content (AvgIpc) is 2.39. The molecule has 4 heteroatoms. The van der Waals surface area contributed by atoms with Crippen LogP contribution in [0.4, 0.5) is 0 Å². The summed E-state index contributed by atoms with van der Waals surface area (Å²) in [7, 11) is -0.837. The van der Waals surface area contributed by atoms with E-state index < -0.39 is 10.8 Å². The topological polar surface area (TPSA) is 29.1 Å². The molecule has 1 heterocycles. The average molecular weight is 316 g/mol. The van der Waals surface area contributed by atoms with E-state index in [1.807, 2.05) is 12.1 Å². The highest BCUT2D eigenvalue weighted by Crippen LogP contribution is 2.31. The van der Waals surface area contributed by atoms with E-state index in [9.17, 15) is 4.21 Å². The van der Waals surface area contributed by atoms with Gasteiger partial charge in [0.2, 0.25) is 0 Å². The summed E-state index contributed by atoms with van der Waals surface area (Å²) in [4.78, 5) is 1.00. The van der Waals surface area contributed by atoms with Crippen LogP contribution < -0.4 is 5.32 Å². The van der Waals surface area contributed by atoms with E-state index in [2.05, 4.69) is 41.2 Å². The minimum Gasteiger partial charge on any atom is -0.308 e. The Hall–Kier alpha value is -0.190. The van der Waals surface area contributed by atoms with E-state index in [4.69, 9.17) is 0 Å². The third-order valence-electron chi connectivity index (χ3n) is 2.95. The summed E-state index contributed by atoms with van der Waals surface area (Å²) >= 11 is 3.50. The SMILES string of the molecule is CC(C)NC1CCCS(=O)c2ccc(Br)cc21. The van der Waals surface area contributed by atoms with Crippen molar-refractivity contribution in [3.8, 4) is 0 Å². The third kappa shape index (κ3) is 3.18. The van der Waals surface area contributed by atoms with Crippen molar-refractivity contribution in [1.82, 2.24) is 5.32 Å². The maximum atomic E-state index is 12.1. The van der Waals surface area contributed by atoms with Gasteiger partial charge in [-0.15, -0.1) is 0 Å². The predicted molar refractivity (Wildman–Crippen MR) is 75.7 cm³/mol. The van der Waals surface area contributed by atoms with Crippen molar-refractivity contribution < 1.29 is 4.21 Å². The standard InChI is InChI=1S/C13H18BrNOS/c1-9(2)15-12-4-3-7-17(16)13-6-5-10(14)8-11(12)13/h5-6,8-9,12,15H,3-4,7H2,1-2H3. The minimum absolute atomic E-state index is 0.328. The molecule has 1 aliphatic heterocycles. The molecule has 0 aliphatic carbocycles. The fourth-order valence-corrected chi connectivity index (χ4v) is 3.97. The molecule has 2 nitrogen and oxygen atoms in total. The van der Waals surface area contributed by atoms with Crippen molar-refractivity contribution in [3.05, 3.63) is 28.2 Å². The highest BCUT2D eigenvalue weighted by Gasteiger charge is 2.23. The van der Waals surface area contributed by atoms with Crippen LogP contribution in [0.5, 0.6) is 0 Å². The summed E-state index contributed by atoms with van der Waals surface area (Å²) in [5, 5.41) is 3.57. The highest BCUT2D eigenvalue weighted by atomic mass is 79.9. The minimum atomic E-state index is -0.837. The summed E-state index contributed by atoms with van der Waals surface area (Å²) in [5.74, 6) is 0.783. The molecule has 2 unspecified atom stereocenters.